The fourth-order valence-electron chi connectivity index (χ4n) is 2.25. The number of ether oxygens (including phenoxy) is 1. The molecule has 1 atom stereocenters. The van der Waals surface area contributed by atoms with Crippen molar-refractivity contribution in [2.24, 2.45) is 5.73 Å². The summed E-state index contributed by atoms with van der Waals surface area (Å²) in [5.74, 6) is 0.108. The van der Waals surface area contributed by atoms with E-state index in [0.29, 0.717) is 30.8 Å². The van der Waals surface area contributed by atoms with Gasteiger partial charge in [0.05, 0.1) is 13.1 Å². The minimum atomic E-state index is -0.414. The van der Waals surface area contributed by atoms with Crippen molar-refractivity contribution in [2.45, 2.75) is 25.9 Å². The van der Waals surface area contributed by atoms with Crippen LogP contribution in [0.2, 0.25) is 0 Å². The van der Waals surface area contributed by atoms with Crippen LogP contribution < -0.4 is 16.0 Å². The van der Waals surface area contributed by atoms with Gasteiger partial charge in [0.1, 0.15) is 6.10 Å². The fraction of sp³-hybridized carbons (Fsp3) is 0.400. The summed E-state index contributed by atoms with van der Waals surface area (Å²) in [5, 5.41) is 2.95. The lowest BCUT2D eigenvalue weighted by Crippen LogP contribution is -2.37. The van der Waals surface area contributed by atoms with Crippen molar-refractivity contribution >= 4 is 34.9 Å². The maximum atomic E-state index is 11.9. The van der Waals surface area contributed by atoms with Gasteiger partial charge in [-0.25, -0.2) is 4.79 Å². The number of Topliss-reactive ketones (excluding diaryl/α,β-unsaturated/α-hetero) is 1. The molecule has 118 valence electrons. The number of ketones is 1. The number of carbonyl (C=O) groups excluding carboxylic acids is 2. The molecule has 0 aliphatic carbocycles. The first-order chi connectivity index (χ1) is 10.5. The van der Waals surface area contributed by atoms with Crippen molar-refractivity contribution in [2.75, 3.05) is 18.0 Å². The Labute approximate surface area is 134 Å². The second-order valence-electron chi connectivity index (χ2n) is 5.08. The topological polar surface area (TPSA) is 84.7 Å². The molecule has 0 saturated carbocycles. The van der Waals surface area contributed by atoms with Gasteiger partial charge in [0.2, 0.25) is 0 Å². The molecular formula is C15H19N3O3S. The van der Waals surface area contributed by atoms with Crippen molar-refractivity contribution in [1.82, 2.24) is 5.32 Å². The van der Waals surface area contributed by atoms with Crippen molar-refractivity contribution in [3.05, 3.63) is 29.8 Å². The van der Waals surface area contributed by atoms with Gasteiger partial charge < -0.3 is 15.8 Å². The molecule has 0 bridgehead atoms. The molecule has 1 aromatic rings. The van der Waals surface area contributed by atoms with Gasteiger partial charge in [-0.05, 0) is 42.9 Å². The summed E-state index contributed by atoms with van der Waals surface area (Å²) in [7, 11) is 0. The van der Waals surface area contributed by atoms with Crippen LogP contribution in [0.5, 0.6) is 0 Å². The maximum absolute atomic E-state index is 11.9. The summed E-state index contributed by atoms with van der Waals surface area (Å²) in [6.45, 7) is 2.76. The third kappa shape index (κ3) is 3.94. The van der Waals surface area contributed by atoms with Crippen molar-refractivity contribution < 1.29 is 14.3 Å². The van der Waals surface area contributed by atoms with Crippen molar-refractivity contribution in [3.8, 4) is 0 Å². The third-order valence-corrected chi connectivity index (χ3v) is 3.50. The minimum absolute atomic E-state index is 0.108. The number of carbonyl (C=O) groups is 2. The molecule has 1 aliphatic heterocycles. The minimum Gasteiger partial charge on any atom is -0.442 e. The Morgan fingerprint density at radius 3 is 2.73 bits per heavy atom. The second kappa shape index (κ2) is 7.22. The van der Waals surface area contributed by atoms with Gasteiger partial charge in [0, 0.05) is 17.7 Å². The SMILES string of the molecule is CCCC(=O)c1ccc(N2C[C@H](CNC(N)=S)OC2=O)cc1. The van der Waals surface area contributed by atoms with Crippen LogP contribution in [0.1, 0.15) is 30.1 Å². The first-order valence-electron chi connectivity index (χ1n) is 7.16. The van der Waals surface area contributed by atoms with Crippen molar-refractivity contribution in [1.29, 1.82) is 0 Å². The third-order valence-electron chi connectivity index (χ3n) is 3.36. The predicted octanol–water partition coefficient (Wildman–Crippen LogP) is 1.83. The molecule has 1 fully saturated rings. The zero-order valence-corrected chi connectivity index (χ0v) is 13.2. The number of thiocarbonyl (C=S) groups is 1. The first kappa shape index (κ1) is 16.2. The predicted molar refractivity (Wildman–Crippen MR) is 88.1 cm³/mol. The summed E-state index contributed by atoms with van der Waals surface area (Å²) >= 11 is 4.72. The van der Waals surface area contributed by atoms with Crippen LogP contribution in [0.25, 0.3) is 0 Å². The molecule has 6 nitrogen and oxygen atoms in total. The molecule has 7 heteroatoms. The van der Waals surface area contributed by atoms with E-state index in [0.717, 1.165) is 6.42 Å². The lowest BCUT2D eigenvalue weighted by molar-refractivity contribution is 0.0981. The number of hydrogen-bond acceptors (Lipinski definition) is 4. The van der Waals surface area contributed by atoms with E-state index < -0.39 is 6.09 Å². The van der Waals surface area contributed by atoms with Crippen LogP contribution in [-0.4, -0.2) is 36.2 Å². The molecular weight excluding hydrogens is 302 g/mol. The summed E-state index contributed by atoms with van der Waals surface area (Å²) < 4.78 is 5.24. The molecule has 1 aliphatic rings. The fourth-order valence-corrected chi connectivity index (χ4v) is 2.34. The van der Waals surface area contributed by atoms with E-state index in [1.807, 2.05) is 6.92 Å². The van der Waals surface area contributed by atoms with Crippen LogP contribution in [0.15, 0.2) is 24.3 Å². The highest BCUT2D eigenvalue weighted by atomic mass is 32.1. The molecule has 1 saturated heterocycles. The Kier molecular flexibility index (Phi) is 5.32. The highest BCUT2D eigenvalue weighted by Crippen LogP contribution is 2.22. The van der Waals surface area contributed by atoms with Gasteiger partial charge in [-0.15, -0.1) is 0 Å². The molecule has 2 rings (SSSR count). The molecule has 0 unspecified atom stereocenters. The van der Waals surface area contributed by atoms with Crippen LogP contribution >= 0.6 is 12.2 Å². The monoisotopic (exact) mass is 321 g/mol. The van der Waals surface area contributed by atoms with Crippen LogP contribution in [0, 0.1) is 0 Å². The number of nitrogens with zero attached hydrogens (tertiary/aromatic N) is 1. The van der Waals surface area contributed by atoms with E-state index in [1.54, 1.807) is 24.3 Å². The standard InChI is InChI=1S/C15H19N3O3S/c1-2-3-13(19)10-4-6-11(7-5-10)18-9-12(21-15(18)20)8-17-14(16)22/h4-7,12H,2-3,8-9H2,1H3,(H3,16,17,22)/t12-/m0/s1. The smallest absolute Gasteiger partial charge is 0.414 e. The Bertz CT molecular complexity index is 574. The van der Waals surface area contributed by atoms with Crippen LogP contribution in [0.3, 0.4) is 0 Å². The molecule has 1 aromatic carbocycles. The van der Waals surface area contributed by atoms with E-state index in [4.69, 9.17) is 22.7 Å². The number of nitrogens with two attached hydrogens (primary N) is 1. The quantitative estimate of drug-likeness (QED) is 0.614. The average Bonchev–Trinajstić information content (AvgIpc) is 2.86. The Hall–Kier alpha value is -2.15. The van der Waals surface area contributed by atoms with Gasteiger partial charge >= 0.3 is 6.09 Å². The lowest BCUT2D eigenvalue weighted by Gasteiger charge is -2.13. The molecule has 0 radical (unpaired) electrons. The summed E-state index contributed by atoms with van der Waals surface area (Å²) in [4.78, 5) is 25.2. The van der Waals surface area contributed by atoms with Gasteiger partial charge in [-0.1, -0.05) is 6.92 Å². The highest BCUT2D eigenvalue weighted by molar-refractivity contribution is 7.80. The average molecular weight is 321 g/mol. The molecule has 22 heavy (non-hydrogen) atoms. The van der Waals surface area contributed by atoms with E-state index in [-0.39, 0.29) is 17.0 Å². The summed E-state index contributed by atoms with van der Waals surface area (Å²) in [6, 6.07) is 6.99. The number of nitrogens with one attached hydrogen (secondary N) is 1. The molecule has 1 heterocycles. The molecule has 1 amide bonds. The number of hydrogen-bond donors (Lipinski definition) is 2. The van der Waals surface area contributed by atoms with E-state index in [1.165, 1.54) is 4.90 Å². The largest absolute Gasteiger partial charge is 0.442 e. The molecule has 0 spiro atoms. The normalized spacial score (nSPS) is 17.2. The molecule has 3 N–H and O–H groups in total. The number of anilines is 1. The summed E-state index contributed by atoms with van der Waals surface area (Å²) in [5.41, 5.74) is 6.72. The number of cyclic esters (lactones) is 1. The van der Waals surface area contributed by atoms with E-state index >= 15 is 0 Å². The Morgan fingerprint density at radius 2 is 2.14 bits per heavy atom. The maximum Gasteiger partial charge on any atom is 0.414 e. The highest BCUT2D eigenvalue weighted by Gasteiger charge is 2.32. The van der Waals surface area contributed by atoms with Gasteiger partial charge in [0.25, 0.3) is 0 Å². The van der Waals surface area contributed by atoms with E-state index in [2.05, 4.69) is 5.32 Å². The Balaban J connectivity index is 2.01. The lowest BCUT2D eigenvalue weighted by atomic mass is 10.1. The zero-order chi connectivity index (χ0) is 16.1. The molecule has 0 aromatic heterocycles. The zero-order valence-electron chi connectivity index (χ0n) is 12.4. The van der Waals surface area contributed by atoms with Crippen molar-refractivity contribution in [3.63, 3.8) is 0 Å². The first-order valence-corrected chi connectivity index (χ1v) is 7.56. The van der Waals surface area contributed by atoms with Gasteiger partial charge in [-0.3, -0.25) is 9.69 Å². The van der Waals surface area contributed by atoms with Crippen LogP contribution in [-0.2, 0) is 4.74 Å². The van der Waals surface area contributed by atoms with E-state index in [9.17, 15) is 9.59 Å². The summed E-state index contributed by atoms with van der Waals surface area (Å²) in [6.07, 6.45) is 0.618. The second-order valence-corrected chi connectivity index (χ2v) is 5.52. The van der Waals surface area contributed by atoms with Gasteiger partial charge in [0.15, 0.2) is 10.9 Å². The van der Waals surface area contributed by atoms with Gasteiger partial charge in [-0.2, -0.15) is 0 Å². The number of amides is 1. The number of rotatable bonds is 6. The Morgan fingerprint density at radius 1 is 1.45 bits per heavy atom. The number of benzene rings is 1. The van der Waals surface area contributed by atoms with Crippen LogP contribution in [0.4, 0.5) is 10.5 Å².